The average Bonchev–Trinajstić information content (AvgIpc) is 3.07. The van der Waals surface area contributed by atoms with Crippen LogP contribution in [0.3, 0.4) is 0 Å². The molecule has 0 saturated carbocycles. The van der Waals surface area contributed by atoms with E-state index in [0.717, 1.165) is 30.2 Å². The number of amides is 2. The van der Waals surface area contributed by atoms with Crippen LogP contribution < -0.4 is 5.32 Å². The van der Waals surface area contributed by atoms with E-state index in [1.165, 1.54) is 6.07 Å². The minimum Gasteiger partial charge on any atom is -0.343 e. The van der Waals surface area contributed by atoms with E-state index in [-0.39, 0.29) is 23.4 Å². The number of aromatic nitrogens is 2. The van der Waals surface area contributed by atoms with Gasteiger partial charge in [0.2, 0.25) is 11.8 Å². The molecule has 29 heavy (non-hydrogen) atoms. The number of anilines is 1. The van der Waals surface area contributed by atoms with Crippen LogP contribution in [0.4, 0.5) is 10.1 Å². The Balaban J connectivity index is 1.37. The summed E-state index contributed by atoms with van der Waals surface area (Å²) in [6, 6.07) is 4.86. The zero-order valence-corrected chi connectivity index (χ0v) is 16.8. The number of halogens is 1. The fourth-order valence-electron chi connectivity index (χ4n) is 4.04. The highest BCUT2D eigenvalue weighted by molar-refractivity contribution is 5.92. The van der Waals surface area contributed by atoms with Crippen LogP contribution in [0.2, 0.25) is 0 Å². The first-order chi connectivity index (χ1) is 13.9. The molecule has 1 aromatic heterocycles. The molecule has 1 N–H and O–H groups in total. The van der Waals surface area contributed by atoms with Crippen molar-refractivity contribution < 1.29 is 14.0 Å². The molecule has 4 rings (SSSR count). The minimum absolute atomic E-state index is 0.0737. The van der Waals surface area contributed by atoms with Gasteiger partial charge in [-0.05, 0) is 31.0 Å². The van der Waals surface area contributed by atoms with Gasteiger partial charge in [0.1, 0.15) is 11.6 Å². The summed E-state index contributed by atoms with van der Waals surface area (Å²) in [6.07, 6.45) is 3.14. The van der Waals surface area contributed by atoms with Gasteiger partial charge in [0, 0.05) is 57.5 Å². The molecule has 3 heterocycles. The number of benzene rings is 1. The molecule has 1 saturated heterocycles. The van der Waals surface area contributed by atoms with E-state index >= 15 is 0 Å². The van der Waals surface area contributed by atoms with Gasteiger partial charge in [0.05, 0.1) is 12.2 Å². The standard InChI is InChI=1S/C21H26FN5O2/c1-14-23-11-17-10-16(5-6-27(14)17)21(29)24-19-4-3-15(9-18(19)22)12-26-8-7-25(2)20(28)13-26/h3-4,9,11,16H,5-8,10,12-13H2,1-2H3,(H,24,29). The molecule has 2 aromatic rings. The summed E-state index contributed by atoms with van der Waals surface area (Å²) >= 11 is 0. The Hall–Kier alpha value is -2.74. The summed E-state index contributed by atoms with van der Waals surface area (Å²) in [5.41, 5.74) is 2.03. The van der Waals surface area contributed by atoms with Crippen molar-refractivity contribution in [3.05, 3.63) is 47.3 Å². The van der Waals surface area contributed by atoms with Crippen molar-refractivity contribution in [1.82, 2.24) is 19.4 Å². The van der Waals surface area contributed by atoms with Crippen LogP contribution in [-0.4, -0.2) is 57.8 Å². The summed E-state index contributed by atoms with van der Waals surface area (Å²) < 4.78 is 16.7. The molecule has 1 aromatic carbocycles. The molecule has 1 unspecified atom stereocenters. The van der Waals surface area contributed by atoms with Crippen LogP contribution in [0.1, 0.15) is 23.5 Å². The summed E-state index contributed by atoms with van der Waals surface area (Å²) in [7, 11) is 1.79. The van der Waals surface area contributed by atoms with E-state index in [2.05, 4.69) is 14.9 Å². The first kappa shape index (κ1) is 19.6. The van der Waals surface area contributed by atoms with Crippen molar-refractivity contribution in [2.24, 2.45) is 5.92 Å². The Labute approximate surface area is 169 Å². The Bertz CT molecular complexity index is 941. The second-order valence-electron chi connectivity index (χ2n) is 7.97. The average molecular weight is 399 g/mol. The zero-order chi connectivity index (χ0) is 20.5. The number of imidazole rings is 1. The van der Waals surface area contributed by atoms with Crippen molar-refractivity contribution in [2.75, 3.05) is 32.0 Å². The van der Waals surface area contributed by atoms with E-state index in [0.29, 0.717) is 32.5 Å². The van der Waals surface area contributed by atoms with E-state index in [1.807, 2.05) is 18.0 Å². The highest BCUT2D eigenvalue weighted by atomic mass is 19.1. The van der Waals surface area contributed by atoms with Gasteiger partial charge in [-0.25, -0.2) is 9.37 Å². The molecule has 1 atom stereocenters. The van der Waals surface area contributed by atoms with Gasteiger partial charge in [-0.1, -0.05) is 6.07 Å². The van der Waals surface area contributed by atoms with Crippen LogP contribution in [0.15, 0.2) is 24.4 Å². The number of likely N-dealkylation sites (N-methyl/N-ethyl adjacent to an activating group) is 1. The van der Waals surface area contributed by atoms with Gasteiger partial charge >= 0.3 is 0 Å². The van der Waals surface area contributed by atoms with Crippen LogP contribution in [-0.2, 0) is 29.1 Å². The van der Waals surface area contributed by atoms with Crippen LogP contribution >= 0.6 is 0 Å². The molecule has 154 valence electrons. The maximum atomic E-state index is 14.6. The van der Waals surface area contributed by atoms with Crippen LogP contribution in [0.25, 0.3) is 0 Å². The van der Waals surface area contributed by atoms with Crippen LogP contribution in [0, 0.1) is 18.7 Å². The number of fused-ring (bicyclic) bond motifs is 1. The highest BCUT2D eigenvalue weighted by Gasteiger charge is 2.26. The third kappa shape index (κ3) is 4.17. The number of nitrogens with zero attached hydrogens (tertiary/aromatic N) is 4. The quantitative estimate of drug-likeness (QED) is 0.851. The second kappa shape index (κ2) is 7.94. The van der Waals surface area contributed by atoms with Gasteiger partial charge in [0.15, 0.2) is 0 Å². The SMILES string of the molecule is Cc1ncc2n1CCC(C(=O)Nc1ccc(CN3CCN(C)C(=O)C3)cc1F)C2. The number of aryl methyl sites for hydroxylation is 1. The van der Waals surface area contributed by atoms with Gasteiger partial charge in [-0.3, -0.25) is 14.5 Å². The van der Waals surface area contributed by atoms with Crippen molar-refractivity contribution in [3.63, 3.8) is 0 Å². The van der Waals surface area contributed by atoms with E-state index in [4.69, 9.17) is 0 Å². The Morgan fingerprint density at radius 3 is 2.90 bits per heavy atom. The Kier molecular flexibility index (Phi) is 5.36. The van der Waals surface area contributed by atoms with Crippen LogP contribution in [0.5, 0.6) is 0 Å². The third-order valence-electron chi connectivity index (χ3n) is 5.90. The fourth-order valence-corrected chi connectivity index (χ4v) is 4.04. The first-order valence-electron chi connectivity index (χ1n) is 9.97. The predicted molar refractivity (Wildman–Crippen MR) is 107 cm³/mol. The Morgan fingerprint density at radius 2 is 2.14 bits per heavy atom. The number of carbonyl (C=O) groups is 2. The van der Waals surface area contributed by atoms with Gasteiger partial charge in [-0.15, -0.1) is 0 Å². The largest absolute Gasteiger partial charge is 0.343 e. The summed E-state index contributed by atoms with van der Waals surface area (Å²) in [4.78, 5) is 32.5. The minimum atomic E-state index is -0.451. The van der Waals surface area contributed by atoms with Gasteiger partial charge in [0.25, 0.3) is 0 Å². The topological polar surface area (TPSA) is 70.5 Å². The molecular formula is C21H26FN5O2. The fraction of sp³-hybridized carbons (Fsp3) is 0.476. The number of rotatable bonds is 4. The molecule has 0 aliphatic carbocycles. The lowest BCUT2D eigenvalue weighted by Gasteiger charge is -2.31. The number of hydrogen-bond donors (Lipinski definition) is 1. The Morgan fingerprint density at radius 1 is 1.31 bits per heavy atom. The van der Waals surface area contributed by atoms with E-state index < -0.39 is 5.82 Å². The third-order valence-corrected chi connectivity index (χ3v) is 5.90. The first-order valence-corrected chi connectivity index (χ1v) is 9.97. The molecule has 7 nitrogen and oxygen atoms in total. The molecule has 1 fully saturated rings. The molecule has 8 heteroatoms. The maximum absolute atomic E-state index is 14.6. The highest BCUT2D eigenvalue weighted by Crippen LogP contribution is 2.24. The smallest absolute Gasteiger partial charge is 0.236 e. The van der Waals surface area contributed by atoms with E-state index in [1.54, 1.807) is 24.1 Å². The number of hydrogen-bond acceptors (Lipinski definition) is 4. The predicted octanol–water partition coefficient (Wildman–Crippen LogP) is 1.81. The lowest BCUT2D eigenvalue weighted by molar-refractivity contribution is -0.134. The molecule has 2 aliphatic heterocycles. The lowest BCUT2D eigenvalue weighted by atomic mass is 9.95. The molecule has 2 amide bonds. The van der Waals surface area contributed by atoms with Crippen molar-refractivity contribution in [2.45, 2.75) is 32.9 Å². The molecular weight excluding hydrogens is 373 g/mol. The zero-order valence-electron chi connectivity index (χ0n) is 16.8. The maximum Gasteiger partial charge on any atom is 0.236 e. The molecule has 2 aliphatic rings. The summed E-state index contributed by atoms with van der Waals surface area (Å²) in [5, 5.41) is 2.74. The van der Waals surface area contributed by atoms with Crippen molar-refractivity contribution in [1.29, 1.82) is 0 Å². The number of piperazine rings is 1. The monoisotopic (exact) mass is 399 g/mol. The van der Waals surface area contributed by atoms with Crippen molar-refractivity contribution >= 4 is 17.5 Å². The van der Waals surface area contributed by atoms with Gasteiger partial charge < -0.3 is 14.8 Å². The molecule has 0 spiro atoms. The summed E-state index contributed by atoms with van der Waals surface area (Å²) in [5.74, 6) is 0.237. The van der Waals surface area contributed by atoms with E-state index in [9.17, 15) is 14.0 Å². The van der Waals surface area contributed by atoms with Gasteiger partial charge in [-0.2, -0.15) is 0 Å². The number of nitrogens with one attached hydrogen (secondary N) is 1. The normalized spacial score (nSPS) is 19.9. The molecule has 0 radical (unpaired) electrons. The van der Waals surface area contributed by atoms with Crippen molar-refractivity contribution in [3.8, 4) is 0 Å². The number of carbonyl (C=O) groups excluding carboxylic acids is 2. The molecule has 0 bridgehead atoms. The summed E-state index contributed by atoms with van der Waals surface area (Å²) in [6.45, 7) is 5.00. The lowest BCUT2D eigenvalue weighted by Crippen LogP contribution is -2.47. The second-order valence-corrected chi connectivity index (χ2v) is 7.97.